The van der Waals surface area contributed by atoms with Crippen molar-refractivity contribution in [2.45, 2.75) is 22.7 Å². The summed E-state index contributed by atoms with van der Waals surface area (Å²) in [5.74, 6) is -1.19. The Morgan fingerprint density at radius 3 is 2.18 bits per heavy atom. The molecule has 1 fully saturated rings. The normalized spacial score (nSPS) is 21.4. The molecular weight excluding hydrogens is 462 g/mol. The lowest BCUT2D eigenvalue weighted by Gasteiger charge is -2.28. The molecule has 0 bridgehead atoms. The summed E-state index contributed by atoms with van der Waals surface area (Å²) in [5, 5.41) is 11.3. The van der Waals surface area contributed by atoms with Gasteiger partial charge in [-0.3, -0.25) is 0 Å². The van der Waals surface area contributed by atoms with Crippen LogP contribution >= 0.6 is 11.3 Å². The summed E-state index contributed by atoms with van der Waals surface area (Å²) in [6, 6.07) is 24.0. The van der Waals surface area contributed by atoms with Crippen molar-refractivity contribution < 1.29 is 23.1 Å². The highest BCUT2D eigenvalue weighted by molar-refractivity contribution is 7.91. The number of benzene rings is 3. The summed E-state index contributed by atoms with van der Waals surface area (Å²) < 4.78 is 33.3. The Balaban J connectivity index is 1.59. The Kier molecular flexibility index (Phi) is 5.69. The number of hydrogen-bond acceptors (Lipinski definition) is 7. The van der Waals surface area contributed by atoms with E-state index in [2.05, 4.69) is 9.82 Å². The van der Waals surface area contributed by atoms with Crippen LogP contribution in [-0.2, 0) is 19.6 Å². The first kappa shape index (κ1) is 21.7. The van der Waals surface area contributed by atoms with Crippen molar-refractivity contribution in [3.8, 4) is 0 Å². The smallest absolute Gasteiger partial charge is 0.334 e. The number of carboxylic acids is 1. The summed E-state index contributed by atoms with van der Waals surface area (Å²) >= 11 is 1.04. The topological polar surface area (TPSA) is 109 Å². The quantitative estimate of drug-likeness (QED) is 0.432. The van der Waals surface area contributed by atoms with Crippen molar-refractivity contribution in [1.29, 1.82) is 0 Å². The van der Waals surface area contributed by atoms with Crippen molar-refractivity contribution in [2.75, 3.05) is 0 Å². The predicted molar refractivity (Wildman–Crippen MR) is 123 cm³/mol. The van der Waals surface area contributed by atoms with Gasteiger partial charge in [0.05, 0.1) is 16.3 Å². The van der Waals surface area contributed by atoms with Gasteiger partial charge in [-0.25, -0.2) is 18.2 Å². The summed E-state index contributed by atoms with van der Waals surface area (Å²) in [7, 11) is -4.13. The number of rotatable bonds is 6. The van der Waals surface area contributed by atoms with Crippen LogP contribution in [0.15, 0.2) is 89.3 Å². The van der Waals surface area contributed by atoms with Crippen LogP contribution in [0.4, 0.5) is 0 Å². The number of thiazole rings is 1. The van der Waals surface area contributed by atoms with Gasteiger partial charge < -0.3 is 9.84 Å². The standard InChI is InChI=1S/C23H19N3O5S2/c27-22(28)20-19(15-9-3-1-4-10-15)26(21(31-20)16-11-5-2-6-12-16)25-33(29,30)23-24-17-13-7-8-14-18(17)32-23/h1-14,19-21,25H,(H,27,28)/t19-,20+,21?/m0/s1. The molecule has 5 rings (SSSR count). The second-order valence-corrected chi connectivity index (χ2v) is 10.3. The van der Waals surface area contributed by atoms with Crippen molar-refractivity contribution in [3.05, 3.63) is 96.1 Å². The molecule has 1 aliphatic rings. The third-order valence-corrected chi connectivity index (χ3v) is 8.06. The number of carboxylic acid groups (broad SMARTS) is 1. The van der Waals surface area contributed by atoms with Crippen LogP contribution in [0.25, 0.3) is 10.2 Å². The van der Waals surface area contributed by atoms with Crippen molar-refractivity contribution >= 4 is 37.5 Å². The number of para-hydroxylation sites is 1. The van der Waals surface area contributed by atoms with Gasteiger partial charge in [0.2, 0.25) is 4.34 Å². The summed E-state index contributed by atoms with van der Waals surface area (Å²) in [6.45, 7) is 0. The van der Waals surface area contributed by atoms with Crippen molar-refractivity contribution in [1.82, 2.24) is 14.8 Å². The number of aromatic nitrogens is 1. The first-order valence-corrected chi connectivity index (χ1v) is 12.4. The van der Waals surface area contributed by atoms with Gasteiger partial charge in [-0.2, -0.15) is 5.01 Å². The second-order valence-electron chi connectivity index (χ2n) is 7.46. The largest absolute Gasteiger partial charge is 0.479 e. The number of fused-ring (bicyclic) bond motifs is 1. The number of hydrazine groups is 1. The van der Waals surface area contributed by atoms with Gasteiger partial charge in [0.15, 0.2) is 12.3 Å². The lowest BCUT2D eigenvalue weighted by atomic mass is 10.0. The fraction of sp³-hybridized carbons (Fsp3) is 0.130. The third-order valence-electron chi connectivity index (χ3n) is 5.31. The Labute approximate surface area is 194 Å². The van der Waals surface area contributed by atoms with Gasteiger partial charge in [0.25, 0.3) is 10.0 Å². The van der Waals surface area contributed by atoms with E-state index in [4.69, 9.17) is 4.74 Å². The Morgan fingerprint density at radius 2 is 1.55 bits per heavy atom. The lowest BCUT2D eigenvalue weighted by molar-refractivity contribution is -0.150. The molecule has 1 aromatic heterocycles. The van der Waals surface area contributed by atoms with Gasteiger partial charge in [-0.15, -0.1) is 16.2 Å². The molecule has 0 amide bonds. The molecule has 2 heterocycles. The van der Waals surface area contributed by atoms with Crippen LogP contribution in [0.3, 0.4) is 0 Å². The molecule has 3 aromatic carbocycles. The van der Waals surface area contributed by atoms with Gasteiger partial charge in [0, 0.05) is 0 Å². The minimum Gasteiger partial charge on any atom is -0.479 e. The maximum absolute atomic E-state index is 13.4. The van der Waals surface area contributed by atoms with Crippen molar-refractivity contribution in [2.24, 2.45) is 0 Å². The van der Waals surface area contributed by atoms with Crippen LogP contribution in [0.2, 0.25) is 0 Å². The molecule has 168 valence electrons. The zero-order valence-electron chi connectivity index (χ0n) is 17.1. The number of ether oxygens (including phenoxy) is 1. The monoisotopic (exact) mass is 481 g/mol. The van der Waals surface area contributed by atoms with E-state index in [-0.39, 0.29) is 4.34 Å². The zero-order valence-corrected chi connectivity index (χ0v) is 18.7. The summed E-state index contributed by atoms with van der Waals surface area (Å²) in [4.78, 5) is 19.0. The molecule has 0 spiro atoms. The molecule has 1 saturated heterocycles. The van der Waals surface area contributed by atoms with Crippen LogP contribution < -0.4 is 4.83 Å². The van der Waals surface area contributed by atoms with Crippen LogP contribution in [-0.4, -0.2) is 35.6 Å². The Morgan fingerprint density at radius 1 is 0.939 bits per heavy atom. The Hall–Kier alpha value is -3.15. The Bertz CT molecular complexity index is 1360. The highest BCUT2D eigenvalue weighted by Gasteiger charge is 2.49. The first-order chi connectivity index (χ1) is 15.9. The zero-order chi connectivity index (χ0) is 23.0. The van der Waals surface area contributed by atoms with E-state index < -0.39 is 34.4 Å². The molecular formula is C23H19N3O5S2. The molecule has 0 aliphatic carbocycles. The molecule has 3 atom stereocenters. The van der Waals surface area contributed by atoms with E-state index in [0.29, 0.717) is 16.6 Å². The fourth-order valence-corrected chi connectivity index (χ4v) is 6.16. The van der Waals surface area contributed by atoms with Crippen LogP contribution in [0.5, 0.6) is 0 Å². The fourth-order valence-electron chi connectivity index (χ4n) is 3.85. The van der Waals surface area contributed by atoms with E-state index in [1.807, 2.05) is 12.1 Å². The van der Waals surface area contributed by atoms with Crippen LogP contribution in [0.1, 0.15) is 23.4 Å². The van der Waals surface area contributed by atoms with Gasteiger partial charge >= 0.3 is 5.97 Å². The molecule has 0 radical (unpaired) electrons. The van der Waals surface area contributed by atoms with Gasteiger partial charge in [-0.1, -0.05) is 72.8 Å². The molecule has 33 heavy (non-hydrogen) atoms. The van der Waals surface area contributed by atoms with Gasteiger partial charge in [-0.05, 0) is 23.3 Å². The molecule has 1 aliphatic heterocycles. The van der Waals surface area contributed by atoms with Gasteiger partial charge in [0.1, 0.15) is 0 Å². The molecule has 10 heteroatoms. The number of nitrogens with zero attached hydrogens (tertiary/aromatic N) is 2. The number of sulfonamides is 1. The average molecular weight is 482 g/mol. The van der Waals surface area contributed by atoms with E-state index >= 15 is 0 Å². The first-order valence-electron chi connectivity index (χ1n) is 10.1. The minimum absolute atomic E-state index is 0.110. The van der Waals surface area contributed by atoms with Crippen LogP contribution in [0, 0.1) is 0 Å². The number of aliphatic carboxylic acids is 1. The average Bonchev–Trinajstić information content (AvgIpc) is 3.43. The minimum atomic E-state index is -4.13. The molecule has 4 aromatic rings. The summed E-state index contributed by atoms with van der Waals surface area (Å²) in [6.07, 6.45) is -2.25. The highest BCUT2D eigenvalue weighted by atomic mass is 32.2. The maximum atomic E-state index is 13.4. The van der Waals surface area contributed by atoms with E-state index in [1.54, 1.807) is 72.8 Å². The molecule has 0 saturated carbocycles. The third kappa shape index (κ3) is 4.14. The maximum Gasteiger partial charge on any atom is 0.334 e. The second kappa shape index (κ2) is 8.65. The number of hydrogen-bond donors (Lipinski definition) is 2. The SMILES string of the molecule is O=C(O)[C@@H]1OC(c2ccccc2)N(NS(=O)(=O)c2nc3ccccc3s2)[C@H]1c1ccccc1. The van der Waals surface area contributed by atoms with E-state index in [9.17, 15) is 18.3 Å². The van der Waals surface area contributed by atoms with E-state index in [1.165, 1.54) is 5.01 Å². The van der Waals surface area contributed by atoms with Crippen molar-refractivity contribution in [3.63, 3.8) is 0 Å². The number of nitrogens with one attached hydrogen (secondary N) is 1. The predicted octanol–water partition coefficient (Wildman–Crippen LogP) is 3.72. The number of carbonyl (C=O) groups is 1. The van der Waals surface area contributed by atoms with E-state index in [0.717, 1.165) is 16.0 Å². The lowest BCUT2D eigenvalue weighted by Crippen LogP contribution is -2.44. The highest BCUT2D eigenvalue weighted by Crippen LogP contribution is 2.42. The molecule has 2 N–H and O–H groups in total. The molecule has 1 unspecified atom stereocenters. The molecule has 8 nitrogen and oxygen atoms in total. The summed E-state index contributed by atoms with van der Waals surface area (Å²) in [5.41, 5.74) is 1.80.